The Hall–Kier alpha value is -4.31. The summed E-state index contributed by atoms with van der Waals surface area (Å²) in [6.45, 7) is 4.84. The van der Waals surface area contributed by atoms with Gasteiger partial charge in [0.1, 0.15) is 22.6 Å². The third kappa shape index (κ3) is 4.82. The Morgan fingerprint density at radius 2 is 1.92 bits per heavy atom. The van der Waals surface area contributed by atoms with Gasteiger partial charge in [0.25, 0.3) is 11.5 Å². The quantitative estimate of drug-likeness (QED) is 0.274. The molecule has 4 heterocycles. The Labute approximate surface area is 218 Å². The molecule has 0 N–H and O–H groups in total. The molecule has 1 aromatic carbocycles. The average molecular weight is 517 g/mol. The lowest BCUT2D eigenvalue weighted by atomic mass is 10.1. The zero-order chi connectivity index (χ0) is 26.6. The van der Waals surface area contributed by atoms with E-state index >= 15 is 0 Å². The van der Waals surface area contributed by atoms with Gasteiger partial charge in [-0.1, -0.05) is 18.2 Å². The highest BCUT2D eigenvalue weighted by molar-refractivity contribution is 5.99. The van der Waals surface area contributed by atoms with E-state index in [1.807, 2.05) is 6.92 Å². The summed E-state index contributed by atoms with van der Waals surface area (Å²) in [5, 5.41) is 0.205. The van der Waals surface area contributed by atoms with Crippen LogP contribution in [0.3, 0.4) is 0 Å². The fourth-order valence-corrected chi connectivity index (χ4v) is 4.60. The SMILES string of the molecule is CCOC(=O)c1cc2c(=O)n3ccccc3nc2n(C[C@H]2CCCO2)c1=NC(=O)c1ccccc1OCC. The van der Waals surface area contributed by atoms with E-state index in [1.54, 1.807) is 60.2 Å². The van der Waals surface area contributed by atoms with E-state index in [2.05, 4.69) is 4.99 Å². The average Bonchev–Trinajstić information content (AvgIpc) is 3.44. The van der Waals surface area contributed by atoms with Crippen LogP contribution in [0.25, 0.3) is 16.7 Å². The monoisotopic (exact) mass is 516 g/mol. The van der Waals surface area contributed by atoms with Crippen LogP contribution >= 0.6 is 0 Å². The maximum absolute atomic E-state index is 13.5. The molecule has 1 atom stereocenters. The highest BCUT2D eigenvalue weighted by atomic mass is 16.5. The van der Waals surface area contributed by atoms with Gasteiger partial charge in [-0.15, -0.1) is 0 Å². The molecule has 0 radical (unpaired) electrons. The molecule has 0 saturated carbocycles. The molecular weight excluding hydrogens is 488 g/mol. The third-order valence-corrected chi connectivity index (χ3v) is 6.32. The normalized spacial score (nSPS) is 15.7. The predicted molar refractivity (Wildman–Crippen MR) is 139 cm³/mol. The second-order valence-electron chi connectivity index (χ2n) is 8.78. The van der Waals surface area contributed by atoms with Crippen LogP contribution in [0.1, 0.15) is 47.4 Å². The predicted octanol–water partition coefficient (Wildman–Crippen LogP) is 3.14. The first-order valence-corrected chi connectivity index (χ1v) is 12.7. The second kappa shape index (κ2) is 11.0. The first-order chi connectivity index (χ1) is 18.5. The van der Waals surface area contributed by atoms with Gasteiger partial charge in [-0.2, -0.15) is 4.99 Å². The van der Waals surface area contributed by atoms with E-state index in [9.17, 15) is 14.4 Å². The number of nitrogens with zero attached hydrogens (tertiary/aromatic N) is 4. The number of para-hydroxylation sites is 1. The summed E-state index contributed by atoms with van der Waals surface area (Å²) in [5.41, 5.74) is 0.670. The van der Waals surface area contributed by atoms with Crippen molar-refractivity contribution in [3.05, 3.63) is 81.7 Å². The van der Waals surface area contributed by atoms with Crippen molar-refractivity contribution < 1.29 is 23.8 Å². The molecule has 1 aliphatic heterocycles. The van der Waals surface area contributed by atoms with Crippen LogP contribution in [0.15, 0.2) is 64.5 Å². The molecule has 3 aromatic heterocycles. The maximum Gasteiger partial charge on any atom is 0.341 e. The van der Waals surface area contributed by atoms with Crippen LogP contribution in [-0.2, 0) is 16.0 Å². The largest absolute Gasteiger partial charge is 0.493 e. The molecule has 10 heteroatoms. The van der Waals surface area contributed by atoms with Gasteiger partial charge in [-0.05, 0) is 57.0 Å². The standard InChI is InChI=1S/C28H28N4O6/c1-3-36-22-12-6-5-11-19(22)26(33)30-25-21(28(35)37-4-2)16-20-24(32(25)17-18-10-9-15-38-18)29-23-13-7-8-14-31(23)27(20)34/h5-8,11-14,16,18H,3-4,9-10,15,17H2,1-2H3/t18-/m1/s1. The number of carbonyl (C=O) groups excluding carboxylic acids is 2. The molecular formula is C28H28N4O6. The molecule has 1 amide bonds. The van der Waals surface area contributed by atoms with E-state index in [1.165, 1.54) is 10.5 Å². The first kappa shape index (κ1) is 25.3. The topological polar surface area (TPSA) is 113 Å². The molecule has 0 spiro atoms. The summed E-state index contributed by atoms with van der Waals surface area (Å²) in [7, 11) is 0. The fourth-order valence-electron chi connectivity index (χ4n) is 4.60. The minimum atomic E-state index is -0.697. The second-order valence-corrected chi connectivity index (χ2v) is 8.78. The van der Waals surface area contributed by atoms with Crippen molar-refractivity contribution in [3.63, 3.8) is 0 Å². The van der Waals surface area contributed by atoms with Gasteiger partial charge < -0.3 is 18.8 Å². The molecule has 196 valence electrons. The molecule has 0 aliphatic carbocycles. The summed E-state index contributed by atoms with van der Waals surface area (Å²) in [5.74, 6) is -0.912. The van der Waals surface area contributed by atoms with Gasteiger partial charge >= 0.3 is 5.97 Å². The van der Waals surface area contributed by atoms with Gasteiger partial charge in [0.15, 0.2) is 5.49 Å². The van der Waals surface area contributed by atoms with Crippen molar-refractivity contribution in [2.75, 3.05) is 19.8 Å². The molecule has 1 saturated heterocycles. The van der Waals surface area contributed by atoms with Crippen molar-refractivity contribution in [1.82, 2.24) is 14.0 Å². The number of esters is 1. The molecule has 1 fully saturated rings. The summed E-state index contributed by atoms with van der Waals surface area (Å²) in [4.78, 5) is 49.3. The lowest BCUT2D eigenvalue weighted by Crippen LogP contribution is -2.35. The zero-order valence-corrected chi connectivity index (χ0v) is 21.3. The highest BCUT2D eigenvalue weighted by Gasteiger charge is 2.24. The highest BCUT2D eigenvalue weighted by Crippen LogP contribution is 2.20. The maximum atomic E-state index is 13.5. The van der Waals surface area contributed by atoms with Crippen molar-refractivity contribution in [2.45, 2.75) is 39.3 Å². The van der Waals surface area contributed by atoms with Crippen LogP contribution in [0.2, 0.25) is 0 Å². The zero-order valence-electron chi connectivity index (χ0n) is 21.3. The van der Waals surface area contributed by atoms with Crippen LogP contribution < -0.4 is 15.8 Å². The number of rotatable bonds is 7. The molecule has 5 rings (SSSR count). The van der Waals surface area contributed by atoms with E-state index < -0.39 is 11.9 Å². The van der Waals surface area contributed by atoms with Crippen molar-refractivity contribution >= 4 is 28.6 Å². The van der Waals surface area contributed by atoms with Gasteiger partial charge in [0.05, 0.1) is 36.8 Å². The molecule has 0 unspecified atom stereocenters. The number of aromatic nitrogens is 3. The third-order valence-electron chi connectivity index (χ3n) is 6.32. The van der Waals surface area contributed by atoms with E-state index in [4.69, 9.17) is 19.2 Å². The van der Waals surface area contributed by atoms with Crippen LogP contribution in [-0.4, -0.2) is 51.8 Å². The fraction of sp³-hybridized carbons (Fsp3) is 0.321. The Bertz CT molecular complexity index is 1650. The summed E-state index contributed by atoms with van der Waals surface area (Å²) < 4.78 is 19.9. The number of ether oxygens (including phenoxy) is 3. The van der Waals surface area contributed by atoms with Gasteiger partial charge in [0, 0.05) is 12.8 Å². The molecule has 1 aliphatic rings. The number of benzene rings is 1. The van der Waals surface area contributed by atoms with Crippen LogP contribution in [0.4, 0.5) is 0 Å². The molecule has 38 heavy (non-hydrogen) atoms. The molecule has 10 nitrogen and oxygen atoms in total. The molecule has 0 bridgehead atoms. The number of carbonyl (C=O) groups is 2. The molecule has 4 aromatic rings. The minimum Gasteiger partial charge on any atom is -0.493 e. The van der Waals surface area contributed by atoms with Gasteiger partial charge in [-0.3, -0.25) is 14.0 Å². The first-order valence-electron chi connectivity index (χ1n) is 12.7. The summed E-state index contributed by atoms with van der Waals surface area (Å²) >= 11 is 0. The van der Waals surface area contributed by atoms with Crippen LogP contribution in [0, 0.1) is 0 Å². The van der Waals surface area contributed by atoms with Gasteiger partial charge in [0.2, 0.25) is 0 Å². The summed E-state index contributed by atoms with van der Waals surface area (Å²) in [6.07, 6.45) is 3.08. The van der Waals surface area contributed by atoms with Gasteiger partial charge in [-0.25, -0.2) is 9.78 Å². The van der Waals surface area contributed by atoms with Crippen LogP contribution in [0.5, 0.6) is 5.75 Å². The van der Waals surface area contributed by atoms with Crippen molar-refractivity contribution in [2.24, 2.45) is 4.99 Å². The number of hydrogen-bond donors (Lipinski definition) is 0. The number of fused-ring (bicyclic) bond motifs is 2. The minimum absolute atomic E-state index is 0.00521. The Kier molecular flexibility index (Phi) is 7.32. The van der Waals surface area contributed by atoms with Crippen molar-refractivity contribution in [1.29, 1.82) is 0 Å². The number of pyridine rings is 2. The summed E-state index contributed by atoms with van der Waals surface area (Å²) in [6, 6.07) is 13.4. The van der Waals surface area contributed by atoms with E-state index in [0.717, 1.165) is 12.8 Å². The Balaban J connectivity index is 1.84. The van der Waals surface area contributed by atoms with Crippen molar-refractivity contribution in [3.8, 4) is 5.75 Å². The smallest absolute Gasteiger partial charge is 0.341 e. The number of amides is 1. The van der Waals surface area contributed by atoms with E-state index in [-0.39, 0.29) is 46.8 Å². The number of hydrogen-bond acceptors (Lipinski definition) is 7. The Morgan fingerprint density at radius 1 is 1.11 bits per heavy atom. The lowest BCUT2D eigenvalue weighted by molar-refractivity contribution is 0.0521. The van der Waals surface area contributed by atoms with E-state index in [0.29, 0.717) is 30.3 Å². The Morgan fingerprint density at radius 3 is 2.68 bits per heavy atom. The lowest BCUT2D eigenvalue weighted by Gasteiger charge is -2.18.